The minimum atomic E-state index is 0.0995. The van der Waals surface area contributed by atoms with E-state index in [9.17, 15) is 0 Å². The topological polar surface area (TPSA) is 35.2 Å². The Balaban J connectivity index is 1.89. The number of nitrogens with two attached hydrogens (primary N) is 1. The predicted molar refractivity (Wildman–Crippen MR) is 97.0 cm³/mol. The Morgan fingerprint density at radius 2 is 1.78 bits per heavy atom. The van der Waals surface area contributed by atoms with Crippen LogP contribution in [0.2, 0.25) is 0 Å². The summed E-state index contributed by atoms with van der Waals surface area (Å²) < 4.78 is 6.48. The molecule has 2 heteroatoms. The van der Waals surface area contributed by atoms with Crippen molar-refractivity contribution >= 4 is 0 Å². The molecule has 0 saturated heterocycles. The maximum Gasteiger partial charge on any atom is 0.107 e. The lowest BCUT2D eigenvalue weighted by molar-refractivity contribution is 0.0830. The van der Waals surface area contributed by atoms with Crippen LogP contribution in [-0.2, 0) is 4.74 Å². The zero-order valence-corrected chi connectivity index (χ0v) is 15.4. The van der Waals surface area contributed by atoms with Gasteiger partial charge in [0.1, 0.15) is 6.10 Å². The van der Waals surface area contributed by atoms with E-state index in [1.165, 1.54) is 62.7 Å². The number of ether oxygens (including phenoxy) is 1. The molecule has 0 aromatic carbocycles. The summed E-state index contributed by atoms with van der Waals surface area (Å²) >= 11 is 0. The summed E-state index contributed by atoms with van der Waals surface area (Å²) in [5.74, 6) is 1.18. The predicted octanol–water partition coefficient (Wildman–Crippen LogP) is 5.34. The van der Waals surface area contributed by atoms with E-state index in [2.05, 4.69) is 33.4 Å². The molecule has 1 aliphatic heterocycles. The molecule has 3 atom stereocenters. The fourth-order valence-corrected chi connectivity index (χ4v) is 5.25. The molecule has 0 radical (unpaired) electrons. The Morgan fingerprint density at radius 3 is 2.35 bits per heavy atom. The van der Waals surface area contributed by atoms with E-state index in [-0.39, 0.29) is 16.9 Å². The second-order valence-electron chi connectivity index (χ2n) is 8.67. The average Bonchev–Trinajstić information content (AvgIpc) is 3.22. The highest BCUT2D eigenvalue weighted by Gasteiger charge is 2.64. The van der Waals surface area contributed by atoms with Gasteiger partial charge >= 0.3 is 0 Å². The van der Waals surface area contributed by atoms with Crippen LogP contribution in [0.4, 0.5) is 0 Å². The van der Waals surface area contributed by atoms with Crippen LogP contribution < -0.4 is 5.73 Å². The average molecular weight is 318 g/mol. The monoisotopic (exact) mass is 317 g/mol. The fourth-order valence-electron chi connectivity index (χ4n) is 5.25. The third kappa shape index (κ3) is 2.58. The third-order valence-corrected chi connectivity index (χ3v) is 7.76. The number of hydrogen-bond acceptors (Lipinski definition) is 2. The highest BCUT2D eigenvalue weighted by Crippen LogP contribution is 2.63. The summed E-state index contributed by atoms with van der Waals surface area (Å²) in [5.41, 5.74) is 8.41. The molecule has 3 rings (SSSR count). The van der Waals surface area contributed by atoms with Crippen molar-refractivity contribution < 1.29 is 4.74 Å². The second-order valence-corrected chi connectivity index (χ2v) is 8.67. The maximum absolute atomic E-state index is 6.48. The van der Waals surface area contributed by atoms with Crippen molar-refractivity contribution in [1.82, 2.24) is 0 Å². The Kier molecular flexibility index (Phi) is 4.42. The van der Waals surface area contributed by atoms with Gasteiger partial charge in [-0.1, -0.05) is 38.7 Å². The van der Waals surface area contributed by atoms with E-state index in [1.54, 1.807) is 0 Å². The van der Waals surface area contributed by atoms with E-state index in [4.69, 9.17) is 10.5 Å². The Morgan fingerprint density at radius 1 is 1.13 bits per heavy atom. The van der Waals surface area contributed by atoms with E-state index in [0.717, 1.165) is 6.42 Å². The van der Waals surface area contributed by atoms with Crippen molar-refractivity contribution in [1.29, 1.82) is 0 Å². The Hall–Kier alpha value is -0.760. The number of fused-ring (bicyclic) bond motifs is 1. The van der Waals surface area contributed by atoms with Crippen LogP contribution in [0, 0.1) is 16.2 Å². The lowest BCUT2D eigenvalue weighted by Crippen LogP contribution is -2.37. The molecular formula is C21H35NO. The van der Waals surface area contributed by atoms with Gasteiger partial charge in [0.05, 0.1) is 5.76 Å². The zero-order chi connectivity index (χ0) is 16.7. The van der Waals surface area contributed by atoms with Gasteiger partial charge in [0.15, 0.2) is 0 Å². The van der Waals surface area contributed by atoms with Crippen LogP contribution in [0.3, 0.4) is 0 Å². The molecule has 0 aromatic rings. The Labute approximate surface area is 142 Å². The molecule has 2 aliphatic carbocycles. The lowest BCUT2D eigenvalue weighted by Gasteiger charge is -2.44. The molecular weight excluding hydrogens is 282 g/mol. The van der Waals surface area contributed by atoms with E-state index in [0.29, 0.717) is 12.0 Å². The van der Waals surface area contributed by atoms with Crippen LogP contribution in [0.15, 0.2) is 24.0 Å². The minimum absolute atomic E-state index is 0.0995. The third-order valence-electron chi connectivity index (χ3n) is 7.76. The van der Waals surface area contributed by atoms with Crippen LogP contribution in [0.5, 0.6) is 0 Å². The van der Waals surface area contributed by atoms with Gasteiger partial charge in [-0.2, -0.15) is 0 Å². The van der Waals surface area contributed by atoms with E-state index < -0.39 is 0 Å². The molecule has 3 aliphatic rings. The molecule has 2 N–H and O–H groups in total. The summed E-state index contributed by atoms with van der Waals surface area (Å²) in [5, 5.41) is 0. The molecule has 2 nitrogen and oxygen atoms in total. The summed E-state index contributed by atoms with van der Waals surface area (Å²) in [6.07, 6.45) is 14.1. The lowest BCUT2D eigenvalue weighted by atomic mass is 9.61. The SMILES string of the molecule is C=CC1(C)CCCCCC2(CCC2)/C(C)=C(/C)OC2CC21CN. The molecule has 0 bridgehead atoms. The number of rotatable bonds is 2. The fraction of sp³-hybridized carbons (Fsp3) is 0.810. The van der Waals surface area contributed by atoms with Crippen LogP contribution in [-0.4, -0.2) is 12.6 Å². The van der Waals surface area contributed by atoms with Crippen molar-refractivity contribution in [3.63, 3.8) is 0 Å². The zero-order valence-electron chi connectivity index (χ0n) is 15.4. The summed E-state index contributed by atoms with van der Waals surface area (Å²) in [6, 6.07) is 0. The highest BCUT2D eigenvalue weighted by atomic mass is 16.5. The van der Waals surface area contributed by atoms with E-state index in [1.807, 2.05) is 0 Å². The van der Waals surface area contributed by atoms with Crippen LogP contribution in [0.1, 0.15) is 78.6 Å². The molecule has 0 aromatic heterocycles. The van der Waals surface area contributed by atoms with Crippen molar-refractivity contribution in [3.05, 3.63) is 24.0 Å². The van der Waals surface area contributed by atoms with Crippen molar-refractivity contribution in [2.24, 2.45) is 22.0 Å². The summed E-state index contributed by atoms with van der Waals surface area (Å²) in [6.45, 7) is 11.7. The van der Waals surface area contributed by atoms with Gasteiger partial charge in [-0.05, 0) is 62.4 Å². The summed E-state index contributed by atoms with van der Waals surface area (Å²) in [7, 11) is 0. The van der Waals surface area contributed by atoms with Gasteiger partial charge in [0.25, 0.3) is 0 Å². The normalized spacial score (nSPS) is 43.4. The quantitative estimate of drug-likeness (QED) is 0.698. The van der Waals surface area contributed by atoms with Crippen LogP contribution in [0.25, 0.3) is 0 Å². The van der Waals surface area contributed by atoms with Gasteiger partial charge in [-0.15, -0.1) is 6.58 Å². The van der Waals surface area contributed by atoms with Gasteiger partial charge in [-0.25, -0.2) is 0 Å². The Bertz CT molecular complexity index is 504. The smallest absolute Gasteiger partial charge is 0.107 e. The van der Waals surface area contributed by atoms with Gasteiger partial charge < -0.3 is 10.5 Å². The van der Waals surface area contributed by atoms with Crippen molar-refractivity contribution in [2.45, 2.75) is 84.7 Å². The molecule has 23 heavy (non-hydrogen) atoms. The molecule has 130 valence electrons. The first-order valence-electron chi connectivity index (χ1n) is 9.61. The first-order valence-corrected chi connectivity index (χ1v) is 9.61. The van der Waals surface area contributed by atoms with E-state index >= 15 is 0 Å². The van der Waals surface area contributed by atoms with Crippen molar-refractivity contribution in [2.75, 3.05) is 6.54 Å². The number of hydrogen-bond donors (Lipinski definition) is 1. The van der Waals surface area contributed by atoms with Gasteiger partial charge in [-0.3, -0.25) is 0 Å². The van der Waals surface area contributed by atoms with Crippen molar-refractivity contribution in [3.8, 4) is 0 Å². The second kappa shape index (κ2) is 5.95. The first kappa shape index (κ1) is 17.1. The molecule has 3 unspecified atom stereocenters. The standard InChI is InChI=1S/C21H35NO/c1-5-19(4)10-7-6-8-11-20(12-9-13-20)16(2)17(3)23-18-14-21(18,19)15-22/h5,18H,1,6-15,22H2,2-4H3/b17-16-. The minimum Gasteiger partial charge on any atom is -0.494 e. The van der Waals surface area contributed by atoms with Crippen LogP contribution >= 0.6 is 0 Å². The van der Waals surface area contributed by atoms with Gasteiger partial charge in [0.2, 0.25) is 0 Å². The first-order chi connectivity index (χ1) is 10.9. The molecule has 1 spiro atoms. The highest BCUT2D eigenvalue weighted by molar-refractivity contribution is 5.23. The maximum atomic E-state index is 6.48. The largest absolute Gasteiger partial charge is 0.494 e. The number of allylic oxidation sites excluding steroid dienone is 3. The van der Waals surface area contributed by atoms with Gasteiger partial charge in [0, 0.05) is 12.0 Å². The molecule has 2 fully saturated rings. The molecule has 1 heterocycles. The molecule has 2 saturated carbocycles. The summed E-state index contributed by atoms with van der Waals surface area (Å²) in [4.78, 5) is 0. The molecule has 0 amide bonds.